The molecule has 28 heavy (non-hydrogen) atoms. The van der Waals surface area contributed by atoms with Crippen LogP contribution >= 0.6 is 23.2 Å². The summed E-state index contributed by atoms with van der Waals surface area (Å²) in [6.45, 7) is 1.94. The maximum Gasteiger partial charge on any atom is 0.255 e. The standard InChI is InChI=1S/C21H14Cl2N2O2S/c1-13-2-6-17(7-3-13)28(27)20-9-5-16(10-15(20)12-24)25-21(26)14-4-8-18(22)19(23)11-14/h2-11H,1H3,(H,25,26). The van der Waals surface area contributed by atoms with Crippen molar-refractivity contribution in [3.63, 3.8) is 0 Å². The van der Waals surface area contributed by atoms with Crippen LogP contribution in [0.5, 0.6) is 0 Å². The van der Waals surface area contributed by atoms with Crippen LogP contribution in [0, 0.1) is 18.3 Å². The number of carbonyl (C=O) groups is 1. The summed E-state index contributed by atoms with van der Waals surface area (Å²) in [7, 11) is -1.50. The van der Waals surface area contributed by atoms with Gasteiger partial charge < -0.3 is 5.32 Å². The van der Waals surface area contributed by atoms with Gasteiger partial charge in [-0.05, 0) is 55.5 Å². The minimum atomic E-state index is -1.50. The Balaban J connectivity index is 1.85. The van der Waals surface area contributed by atoms with Crippen molar-refractivity contribution in [1.29, 1.82) is 5.26 Å². The fourth-order valence-electron chi connectivity index (χ4n) is 2.49. The Bertz CT molecular complexity index is 1120. The van der Waals surface area contributed by atoms with Gasteiger partial charge in [-0.3, -0.25) is 4.79 Å². The molecule has 1 N–H and O–H groups in total. The molecule has 3 aromatic rings. The van der Waals surface area contributed by atoms with Crippen LogP contribution in [0.3, 0.4) is 0 Å². The Hall–Kier alpha value is -2.65. The van der Waals surface area contributed by atoms with Gasteiger partial charge in [-0.15, -0.1) is 0 Å². The molecule has 0 aliphatic carbocycles. The highest BCUT2D eigenvalue weighted by Gasteiger charge is 2.15. The van der Waals surface area contributed by atoms with E-state index in [2.05, 4.69) is 5.32 Å². The molecule has 3 rings (SSSR count). The SMILES string of the molecule is Cc1ccc(S(=O)c2ccc(NC(=O)c3ccc(Cl)c(Cl)c3)cc2C#N)cc1. The van der Waals surface area contributed by atoms with E-state index in [1.165, 1.54) is 18.2 Å². The van der Waals surface area contributed by atoms with Crippen molar-refractivity contribution >= 4 is 45.6 Å². The third-order valence-corrected chi connectivity index (χ3v) is 6.17. The molecule has 0 heterocycles. The van der Waals surface area contributed by atoms with E-state index in [4.69, 9.17) is 23.2 Å². The number of hydrogen-bond donors (Lipinski definition) is 1. The third-order valence-electron chi connectivity index (χ3n) is 3.97. The lowest BCUT2D eigenvalue weighted by atomic mass is 10.2. The average molecular weight is 429 g/mol. The van der Waals surface area contributed by atoms with Crippen molar-refractivity contribution in [3.8, 4) is 6.07 Å². The molecule has 3 aromatic carbocycles. The van der Waals surface area contributed by atoms with Crippen LogP contribution in [-0.4, -0.2) is 10.1 Å². The molecule has 140 valence electrons. The van der Waals surface area contributed by atoms with E-state index >= 15 is 0 Å². The molecule has 1 unspecified atom stereocenters. The number of nitrogens with one attached hydrogen (secondary N) is 1. The zero-order valence-electron chi connectivity index (χ0n) is 14.7. The largest absolute Gasteiger partial charge is 0.322 e. The molecule has 0 fully saturated rings. The first-order valence-corrected chi connectivity index (χ1v) is 10.1. The fourth-order valence-corrected chi connectivity index (χ4v) is 3.92. The molecule has 0 aliphatic heterocycles. The smallest absolute Gasteiger partial charge is 0.255 e. The maximum atomic E-state index is 12.8. The van der Waals surface area contributed by atoms with Gasteiger partial charge in [0.15, 0.2) is 0 Å². The molecule has 4 nitrogen and oxygen atoms in total. The Morgan fingerprint density at radius 3 is 2.36 bits per heavy atom. The number of carbonyl (C=O) groups excluding carboxylic acids is 1. The van der Waals surface area contributed by atoms with E-state index in [1.54, 1.807) is 30.3 Å². The topological polar surface area (TPSA) is 70.0 Å². The zero-order valence-corrected chi connectivity index (χ0v) is 17.0. The van der Waals surface area contributed by atoms with E-state index in [0.29, 0.717) is 26.1 Å². The first kappa shape index (κ1) is 20.1. The van der Waals surface area contributed by atoms with Crippen LogP contribution in [0.25, 0.3) is 0 Å². The summed E-state index contributed by atoms with van der Waals surface area (Å²) in [6, 6.07) is 18.6. The van der Waals surface area contributed by atoms with Crippen LogP contribution < -0.4 is 5.32 Å². The summed E-state index contributed by atoms with van der Waals surface area (Å²) < 4.78 is 12.8. The van der Waals surface area contributed by atoms with Crippen LogP contribution in [0.15, 0.2) is 70.5 Å². The fraction of sp³-hybridized carbons (Fsp3) is 0.0476. The first-order chi connectivity index (χ1) is 13.4. The molecule has 7 heteroatoms. The molecular formula is C21H14Cl2N2O2S. The molecule has 1 amide bonds. The van der Waals surface area contributed by atoms with Crippen LogP contribution in [0.1, 0.15) is 21.5 Å². The third kappa shape index (κ3) is 4.42. The summed E-state index contributed by atoms with van der Waals surface area (Å²) in [5, 5.41) is 12.8. The molecule has 0 spiro atoms. The lowest BCUT2D eigenvalue weighted by molar-refractivity contribution is 0.102. The van der Waals surface area contributed by atoms with Gasteiger partial charge in [0.25, 0.3) is 5.91 Å². The quantitative estimate of drug-likeness (QED) is 0.588. The summed E-state index contributed by atoms with van der Waals surface area (Å²) in [5.41, 5.74) is 2.03. The lowest BCUT2D eigenvalue weighted by Gasteiger charge is -2.09. The van der Waals surface area contributed by atoms with Gasteiger partial charge in [-0.1, -0.05) is 40.9 Å². The maximum absolute atomic E-state index is 12.8. The van der Waals surface area contributed by atoms with E-state index in [1.807, 2.05) is 25.1 Å². The lowest BCUT2D eigenvalue weighted by Crippen LogP contribution is -2.12. The average Bonchev–Trinajstić information content (AvgIpc) is 2.70. The number of rotatable bonds is 4. The molecular weight excluding hydrogens is 415 g/mol. The van der Waals surface area contributed by atoms with Crippen molar-refractivity contribution in [3.05, 3.63) is 87.4 Å². The molecule has 0 radical (unpaired) electrons. The van der Waals surface area contributed by atoms with Crippen molar-refractivity contribution in [2.45, 2.75) is 16.7 Å². The van der Waals surface area contributed by atoms with E-state index < -0.39 is 16.7 Å². The summed E-state index contributed by atoms with van der Waals surface area (Å²) >= 11 is 11.8. The summed E-state index contributed by atoms with van der Waals surface area (Å²) in [6.07, 6.45) is 0. The molecule has 0 saturated carbocycles. The Kier molecular flexibility index (Phi) is 6.15. The van der Waals surface area contributed by atoms with Crippen LogP contribution in [0.4, 0.5) is 5.69 Å². The number of nitriles is 1. The molecule has 1 atom stereocenters. The van der Waals surface area contributed by atoms with E-state index in [-0.39, 0.29) is 10.6 Å². The van der Waals surface area contributed by atoms with Crippen molar-refractivity contribution in [2.75, 3.05) is 5.32 Å². The highest BCUT2D eigenvalue weighted by Crippen LogP contribution is 2.25. The van der Waals surface area contributed by atoms with Crippen molar-refractivity contribution < 1.29 is 9.00 Å². The number of benzene rings is 3. The molecule has 0 bridgehead atoms. The minimum absolute atomic E-state index is 0.228. The Morgan fingerprint density at radius 1 is 1.00 bits per heavy atom. The minimum Gasteiger partial charge on any atom is -0.322 e. The predicted molar refractivity (Wildman–Crippen MR) is 111 cm³/mol. The van der Waals surface area contributed by atoms with Gasteiger partial charge in [0.1, 0.15) is 6.07 Å². The number of hydrogen-bond acceptors (Lipinski definition) is 3. The van der Waals surface area contributed by atoms with Crippen LogP contribution in [0.2, 0.25) is 10.0 Å². The summed E-state index contributed by atoms with van der Waals surface area (Å²) in [5.74, 6) is -0.394. The second kappa shape index (κ2) is 8.57. The molecule has 0 aliphatic rings. The second-order valence-corrected chi connectivity index (χ2v) is 8.25. The van der Waals surface area contributed by atoms with Gasteiger partial charge in [0.2, 0.25) is 0 Å². The van der Waals surface area contributed by atoms with Gasteiger partial charge in [0, 0.05) is 16.1 Å². The van der Waals surface area contributed by atoms with Gasteiger partial charge >= 0.3 is 0 Å². The highest BCUT2D eigenvalue weighted by atomic mass is 35.5. The predicted octanol–water partition coefficient (Wildman–Crippen LogP) is 5.59. The molecule has 0 aromatic heterocycles. The number of nitrogens with zero attached hydrogens (tertiary/aromatic N) is 1. The highest BCUT2D eigenvalue weighted by molar-refractivity contribution is 7.85. The monoisotopic (exact) mass is 428 g/mol. The van der Waals surface area contributed by atoms with Gasteiger partial charge in [0.05, 0.1) is 31.3 Å². The number of halogens is 2. The second-order valence-electron chi connectivity index (χ2n) is 5.99. The van der Waals surface area contributed by atoms with Gasteiger partial charge in [-0.2, -0.15) is 5.26 Å². The summed E-state index contributed by atoms with van der Waals surface area (Å²) in [4.78, 5) is 13.4. The normalized spacial score (nSPS) is 11.5. The van der Waals surface area contributed by atoms with Crippen LogP contribution in [-0.2, 0) is 10.8 Å². The van der Waals surface area contributed by atoms with E-state index in [0.717, 1.165) is 5.56 Å². The van der Waals surface area contributed by atoms with Crippen molar-refractivity contribution in [2.24, 2.45) is 0 Å². The molecule has 0 saturated heterocycles. The number of amides is 1. The van der Waals surface area contributed by atoms with E-state index in [9.17, 15) is 14.3 Å². The number of aryl methyl sites for hydroxylation is 1. The Labute approximate surface area is 175 Å². The Morgan fingerprint density at radius 2 is 1.71 bits per heavy atom. The zero-order chi connectivity index (χ0) is 20.3. The number of anilines is 1. The first-order valence-electron chi connectivity index (χ1n) is 8.18. The van der Waals surface area contributed by atoms with Crippen molar-refractivity contribution in [1.82, 2.24) is 0 Å². The van der Waals surface area contributed by atoms with Gasteiger partial charge in [-0.25, -0.2) is 4.21 Å².